The summed E-state index contributed by atoms with van der Waals surface area (Å²) in [6.45, 7) is 0. The predicted octanol–water partition coefficient (Wildman–Crippen LogP) is 5.05. The first kappa shape index (κ1) is 15.8. The molecular formula is C23H21N5. The van der Waals surface area contributed by atoms with Crippen LogP contribution in [-0.4, -0.2) is 20.2 Å². The van der Waals surface area contributed by atoms with E-state index in [4.69, 9.17) is 9.97 Å². The molecule has 2 heterocycles. The van der Waals surface area contributed by atoms with Crippen molar-refractivity contribution in [1.82, 2.24) is 20.2 Å². The predicted molar refractivity (Wildman–Crippen MR) is 110 cm³/mol. The molecule has 0 radical (unpaired) electrons. The van der Waals surface area contributed by atoms with Gasteiger partial charge in [-0.1, -0.05) is 36.4 Å². The number of hydrogen-bond donors (Lipinski definition) is 2. The van der Waals surface area contributed by atoms with Gasteiger partial charge in [0.25, 0.3) is 0 Å². The Morgan fingerprint density at radius 2 is 1.79 bits per heavy atom. The first-order valence-electron chi connectivity index (χ1n) is 10.0. The molecule has 0 spiro atoms. The quantitative estimate of drug-likeness (QED) is 0.529. The molecule has 2 aromatic heterocycles. The molecule has 0 amide bonds. The van der Waals surface area contributed by atoms with Gasteiger partial charge >= 0.3 is 0 Å². The topological polar surface area (TPSA) is 66.5 Å². The second kappa shape index (κ2) is 6.16. The zero-order valence-electron chi connectivity index (χ0n) is 15.5. The molecule has 1 fully saturated rings. The molecule has 6 rings (SSSR count). The second-order valence-electron chi connectivity index (χ2n) is 7.85. The monoisotopic (exact) mass is 367 g/mol. The third-order valence-electron chi connectivity index (χ3n) is 5.93. The highest BCUT2D eigenvalue weighted by atomic mass is 15.2. The van der Waals surface area contributed by atoms with Crippen LogP contribution >= 0.6 is 0 Å². The molecule has 2 aliphatic rings. The summed E-state index contributed by atoms with van der Waals surface area (Å²) < 4.78 is 0. The molecule has 0 bridgehead atoms. The van der Waals surface area contributed by atoms with Crippen molar-refractivity contribution in [2.75, 3.05) is 5.32 Å². The Kier molecular flexibility index (Phi) is 3.48. The Hall–Kier alpha value is -3.21. The fourth-order valence-corrected chi connectivity index (χ4v) is 4.30. The van der Waals surface area contributed by atoms with Gasteiger partial charge in [0.1, 0.15) is 11.6 Å². The molecule has 0 saturated heterocycles. The number of nitrogens with one attached hydrogen (secondary N) is 2. The fraction of sp³-hybridized carbons (Fsp3) is 0.261. The maximum absolute atomic E-state index is 4.97. The first-order chi connectivity index (χ1) is 13.8. The summed E-state index contributed by atoms with van der Waals surface area (Å²) in [7, 11) is 0. The summed E-state index contributed by atoms with van der Waals surface area (Å²) in [5.74, 6) is 3.45. The molecule has 2 aliphatic carbocycles. The maximum Gasteiger partial charge on any atom is 0.153 e. The number of fused-ring (bicyclic) bond motifs is 2. The van der Waals surface area contributed by atoms with E-state index in [1.54, 1.807) is 0 Å². The molecule has 0 aliphatic heterocycles. The number of hydrogen-bond acceptors (Lipinski definition) is 4. The number of aromatic amines is 1. The molecule has 2 N–H and O–H groups in total. The lowest BCUT2D eigenvalue weighted by molar-refractivity contribution is 0.735. The van der Waals surface area contributed by atoms with Crippen molar-refractivity contribution in [1.29, 1.82) is 0 Å². The lowest BCUT2D eigenvalue weighted by Gasteiger charge is -2.14. The summed E-state index contributed by atoms with van der Waals surface area (Å²) in [5, 5.41) is 12.1. The van der Waals surface area contributed by atoms with Crippen molar-refractivity contribution >= 4 is 22.5 Å². The van der Waals surface area contributed by atoms with Gasteiger partial charge in [-0.2, -0.15) is 5.10 Å². The molecular weight excluding hydrogens is 346 g/mol. The van der Waals surface area contributed by atoms with Gasteiger partial charge in [0.05, 0.1) is 5.52 Å². The first-order valence-corrected chi connectivity index (χ1v) is 10.0. The van der Waals surface area contributed by atoms with Crippen molar-refractivity contribution in [2.24, 2.45) is 0 Å². The Labute approximate surface area is 163 Å². The Morgan fingerprint density at radius 1 is 0.929 bits per heavy atom. The summed E-state index contributed by atoms with van der Waals surface area (Å²) >= 11 is 0. The molecule has 28 heavy (non-hydrogen) atoms. The number of aromatic nitrogens is 4. The van der Waals surface area contributed by atoms with Crippen LogP contribution in [0.3, 0.4) is 0 Å². The fourth-order valence-electron chi connectivity index (χ4n) is 4.30. The normalized spacial score (nSPS) is 18.4. The van der Waals surface area contributed by atoms with E-state index in [0.717, 1.165) is 41.2 Å². The standard InChI is InChI=1S/C23H21N5/c1-2-6-16-14(5-1)11-12-17(16)22-24-19-8-4-3-7-18(19)23(26-22)25-21-13-20(27-28-21)15-9-10-15/h1-8,13,15,17H,9-12H2,(H2,24,25,26,27,28). The van der Waals surface area contributed by atoms with Crippen LogP contribution in [0.5, 0.6) is 0 Å². The third kappa shape index (κ3) is 2.66. The van der Waals surface area contributed by atoms with E-state index in [-0.39, 0.29) is 5.92 Å². The molecule has 5 heteroatoms. The van der Waals surface area contributed by atoms with E-state index < -0.39 is 0 Å². The highest BCUT2D eigenvalue weighted by molar-refractivity contribution is 5.90. The molecule has 1 unspecified atom stereocenters. The SMILES string of the molecule is c1ccc2c(c1)CCC2c1nc(Nc2cc(C3CC3)[nH]n2)c2ccccc2n1. The highest BCUT2D eigenvalue weighted by Crippen LogP contribution is 2.40. The largest absolute Gasteiger partial charge is 0.323 e. The molecule has 2 aromatic carbocycles. The van der Waals surface area contributed by atoms with Gasteiger partial charge in [0, 0.05) is 29.0 Å². The van der Waals surface area contributed by atoms with Crippen LogP contribution in [0.1, 0.15) is 53.7 Å². The minimum atomic E-state index is 0.252. The van der Waals surface area contributed by atoms with Gasteiger partial charge in [-0.05, 0) is 48.9 Å². The number of nitrogens with zero attached hydrogens (tertiary/aromatic N) is 3. The molecule has 138 valence electrons. The number of aryl methyl sites for hydroxylation is 1. The number of H-pyrrole nitrogens is 1. The molecule has 1 saturated carbocycles. The minimum absolute atomic E-state index is 0.252. The summed E-state index contributed by atoms with van der Waals surface area (Å²) in [6, 6.07) is 19.0. The Morgan fingerprint density at radius 3 is 2.71 bits per heavy atom. The van der Waals surface area contributed by atoms with Crippen molar-refractivity contribution in [3.63, 3.8) is 0 Å². The van der Waals surface area contributed by atoms with E-state index in [1.165, 1.54) is 29.7 Å². The molecule has 5 nitrogen and oxygen atoms in total. The van der Waals surface area contributed by atoms with Crippen LogP contribution in [0.25, 0.3) is 10.9 Å². The van der Waals surface area contributed by atoms with Gasteiger partial charge < -0.3 is 5.32 Å². The van der Waals surface area contributed by atoms with Crippen LogP contribution in [0.2, 0.25) is 0 Å². The lowest BCUT2D eigenvalue weighted by atomic mass is 10.0. The number of para-hydroxylation sites is 1. The average molecular weight is 367 g/mol. The third-order valence-corrected chi connectivity index (χ3v) is 5.93. The number of anilines is 2. The van der Waals surface area contributed by atoms with Crippen molar-refractivity contribution < 1.29 is 0 Å². The van der Waals surface area contributed by atoms with Gasteiger partial charge in [0.15, 0.2) is 5.82 Å². The minimum Gasteiger partial charge on any atom is -0.323 e. The molecule has 4 aromatic rings. The van der Waals surface area contributed by atoms with E-state index in [0.29, 0.717) is 5.92 Å². The maximum atomic E-state index is 4.97. The van der Waals surface area contributed by atoms with Crippen molar-refractivity contribution in [2.45, 2.75) is 37.5 Å². The van der Waals surface area contributed by atoms with Gasteiger partial charge in [-0.3, -0.25) is 5.10 Å². The Bertz CT molecular complexity index is 1170. The highest BCUT2D eigenvalue weighted by Gasteiger charge is 2.27. The zero-order valence-corrected chi connectivity index (χ0v) is 15.5. The van der Waals surface area contributed by atoms with Crippen LogP contribution in [-0.2, 0) is 6.42 Å². The van der Waals surface area contributed by atoms with Crippen LogP contribution in [0.4, 0.5) is 11.6 Å². The van der Waals surface area contributed by atoms with Crippen LogP contribution < -0.4 is 5.32 Å². The van der Waals surface area contributed by atoms with Crippen LogP contribution in [0.15, 0.2) is 54.6 Å². The summed E-state index contributed by atoms with van der Waals surface area (Å²) in [5.41, 5.74) is 4.96. The average Bonchev–Trinajstić information content (AvgIpc) is 3.32. The van der Waals surface area contributed by atoms with Gasteiger partial charge in [-0.25, -0.2) is 9.97 Å². The number of rotatable bonds is 4. The molecule has 1 atom stereocenters. The van der Waals surface area contributed by atoms with E-state index in [9.17, 15) is 0 Å². The van der Waals surface area contributed by atoms with E-state index in [1.807, 2.05) is 12.1 Å². The second-order valence-corrected chi connectivity index (χ2v) is 7.85. The van der Waals surface area contributed by atoms with Gasteiger partial charge in [-0.15, -0.1) is 0 Å². The lowest BCUT2D eigenvalue weighted by Crippen LogP contribution is -2.06. The van der Waals surface area contributed by atoms with Crippen molar-refractivity contribution in [3.8, 4) is 0 Å². The van der Waals surface area contributed by atoms with Crippen LogP contribution in [0, 0.1) is 0 Å². The summed E-state index contributed by atoms with van der Waals surface area (Å²) in [4.78, 5) is 9.89. The number of benzene rings is 2. The van der Waals surface area contributed by atoms with E-state index >= 15 is 0 Å². The van der Waals surface area contributed by atoms with E-state index in [2.05, 4.69) is 58.0 Å². The Balaban J connectivity index is 1.43. The zero-order chi connectivity index (χ0) is 18.5. The van der Waals surface area contributed by atoms with Crippen molar-refractivity contribution in [3.05, 3.63) is 77.2 Å². The van der Waals surface area contributed by atoms with Gasteiger partial charge in [0.2, 0.25) is 0 Å². The smallest absolute Gasteiger partial charge is 0.153 e. The summed E-state index contributed by atoms with van der Waals surface area (Å²) in [6.07, 6.45) is 4.65.